The molecule has 3 N–H and O–H groups in total. The Bertz CT molecular complexity index is 201. The zero-order valence-corrected chi connectivity index (χ0v) is 6.27. The summed E-state index contributed by atoms with van der Waals surface area (Å²) < 4.78 is 0. The van der Waals surface area contributed by atoms with E-state index in [1.54, 1.807) is 12.4 Å². The third-order valence-corrected chi connectivity index (χ3v) is 1.57. The van der Waals surface area contributed by atoms with Crippen LogP contribution in [-0.4, -0.2) is 16.7 Å². The smallest absolute Gasteiger partial charge is 0.0449 e. The van der Waals surface area contributed by atoms with Gasteiger partial charge in [0.2, 0.25) is 0 Å². The Balaban J connectivity index is 2.61. The summed E-state index contributed by atoms with van der Waals surface area (Å²) in [4.78, 5) is 3.87. The molecule has 1 rings (SSSR count). The maximum Gasteiger partial charge on any atom is 0.0449 e. The van der Waals surface area contributed by atoms with Crippen LogP contribution in [0.1, 0.15) is 18.0 Å². The Morgan fingerprint density at radius 1 is 1.45 bits per heavy atom. The van der Waals surface area contributed by atoms with Crippen molar-refractivity contribution in [1.29, 1.82) is 0 Å². The lowest BCUT2D eigenvalue weighted by atomic mass is 10.1. The van der Waals surface area contributed by atoms with Gasteiger partial charge in [-0.15, -0.1) is 0 Å². The topological polar surface area (TPSA) is 59.1 Å². The Kier molecular flexibility index (Phi) is 3.01. The summed E-state index contributed by atoms with van der Waals surface area (Å²) in [5, 5.41) is 8.60. The zero-order valence-electron chi connectivity index (χ0n) is 6.27. The highest BCUT2D eigenvalue weighted by Gasteiger charge is 2.02. The maximum atomic E-state index is 8.60. The van der Waals surface area contributed by atoms with Gasteiger partial charge < -0.3 is 10.8 Å². The zero-order chi connectivity index (χ0) is 8.10. The van der Waals surface area contributed by atoms with Crippen LogP contribution in [0.15, 0.2) is 24.5 Å². The van der Waals surface area contributed by atoms with Crippen molar-refractivity contribution in [1.82, 2.24) is 4.98 Å². The lowest BCUT2D eigenvalue weighted by molar-refractivity contribution is 0.276. The predicted octanol–water partition coefficient (Wildman–Crippen LogP) is 0.464. The molecule has 0 saturated carbocycles. The normalized spacial score (nSPS) is 12.9. The molecule has 0 aliphatic heterocycles. The van der Waals surface area contributed by atoms with Gasteiger partial charge in [0.1, 0.15) is 0 Å². The van der Waals surface area contributed by atoms with Crippen LogP contribution in [0.2, 0.25) is 0 Å². The number of aliphatic hydroxyl groups excluding tert-OH is 1. The van der Waals surface area contributed by atoms with Crippen LogP contribution in [0.4, 0.5) is 0 Å². The molecule has 11 heavy (non-hydrogen) atoms. The number of hydrogen-bond donors (Lipinski definition) is 2. The van der Waals surface area contributed by atoms with Gasteiger partial charge in [-0.25, -0.2) is 0 Å². The van der Waals surface area contributed by atoms with Crippen molar-refractivity contribution >= 4 is 0 Å². The molecule has 0 amide bonds. The first-order valence-corrected chi connectivity index (χ1v) is 3.61. The molecule has 1 unspecified atom stereocenters. The van der Waals surface area contributed by atoms with E-state index < -0.39 is 0 Å². The molecule has 1 heterocycles. The number of rotatable bonds is 3. The van der Waals surface area contributed by atoms with E-state index in [0.717, 1.165) is 5.56 Å². The van der Waals surface area contributed by atoms with E-state index >= 15 is 0 Å². The van der Waals surface area contributed by atoms with Crippen molar-refractivity contribution in [2.24, 2.45) is 5.73 Å². The largest absolute Gasteiger partial charge is 0.396 e. The molecule has 0 spiro atoms. The highest BCUT2D eigenvalue weighted by atomic mass is 16.3. The summed E-state index contributed by atoms with van der Waals surface area (Å²) in [6.07, 6.45) is 4.00. The first-order chi connectivity index (χ1) is 5.34. The van der Waals surface area contributed by atoms with Crippen LogP contribution < -0.4 is 5.73 Å². The van der Waals surface area contributed by atoms with Crippen molar-refractivity contribution in [3.8, 4) is 0 Å². The molecule has 3 heteroatoms. The molecular weight excluding hydrogens is 140 g/mol. The predicted molar refractivity (Wildman–Crippen MR) is 42.9 cm³/mol. The Morgan fingerprint density at radius 2 is 2.09 bits per heavy atom. The van der Waals surface area contributed by atoms with E-state index in [2.05, 4.69) is 4.98 Å². The second kappa shape index (κ2) is 4.05. The second-order valence-corrected chi connectivity index (χ2v) is 2.40. The minimum absolute atomic E-state index is 0.0667. The number of aliphatic hydroxyl groups is 1. The van der Waals surface area contributed by atoms with Crippen LogP contribution in [-0.2, 0) is 0 Å². The van der Waals surface area contributed by atoms with Crippen LogP contribution in [0.25, 0.3) is 0 Å². The molecule has 0 fully saturated rings. The molecule has 60 valence electrons. The average molecular weight is 152 g/mol. The lowest BCUT2D eigenvalue weighted by Crippen LogP contribution is -2.11. The number of nitrogens with two attached hydrogens (primary N) is 1. The number of hydrogen-bond acceptors (Lipinski definition) is 3. The van der Waals surface area contributed by atoms with Crippen molar-refractivity contribution in [2.45, 2.75) is 12.5 Å². The van der Waals surface area contributed by atoms with E-state index in [0.29, 0.717) is 6.42 Å². The number of nitrogens with zero attached hydrogens (tertiary/aromatic N) is 1. The van der Waals surface area contributed by atoms with Gasteiger partial charge in [-0.3, -0.25) is 4.98 Å². The third-order valence-electron chi connectivity index (χ3n) is 1.57. The Morgan fingerprint density at radius 3 is 2.64 bits per heavy atom. The minimum Gasteiger partial charge on any atom is -0.396 e. The van der Waals surface area contributed by atoms with Crippen LogP contribution in [0.5, 0.6) is 0 Å². The van der Waals surface area contributed by atoms with E-state index in [9.17, 15) is 0 Å². The number of aromatic nitrogens is 1. The molecule has 0 saturated heterocycles. The third kappa shape index (κ3) is 2.29. The highest BCUT2D eigenvalue weighted by molar-refractivity contribution is 5.13. The fourth-order valence-corrected chi connectivity index (χ4v) is 0.916. The monoisotopic (exact) mass is 152 g/mol. The molecule has 1 aromatic heterocycles. The van der Waals surface area contributed by atoms with E-state index in [-0.39, 0.29) is 12.6 Å². The molecule has 1 aromatic rings. The standard InChI is InChI=1S/C8H12N2O/c9-8(3-6-11)7-1-4-10-5-2-7/h1-2,4-5,8,11H,3,6,9H2. The van der Waals surface area contributed by atoms with Gasteiger partial charge in [-0.1, -0.05) is 0 Å². The van der Waals surface area contributed by atoms with Gasteiger partial charge >= 0.3 is 0 Å². The van der Waals surface area contributed by atoms with Gasteiger partial charge in [0.15, 0.2) is 0 Å². The molecule has 1 atom stereocenters. The van der Waals surface area contributed by atoms with Crippen LogP contribution >= 0.6 is 0 Å². The Labute approximate surface area is 65.9 Å². The van der Waals surface area contributed by atoms with Gasteiger partial charge in [-0.05, 0) is 24.1 Å². The molecule has 0 aliphatic carbocycles. The molecule has 0 aromatic carbocycles. The summed E-state index contributed by atoms with van der Waals surface area (Å²) in [6.45, 7) is 0.128. The first kappa shape index (κ1) is 8.17. The quantitative estimate of drug-likeness (QED) is 0.661. The highest BCUT2D eigenvalue weighted by Crippen LogP contribution is 2.10. The van der Waals surface area contributed by atoms with Crippen molar-refractivity contribution < 1.29 is 5.11 Å². The van der Waals surface area contributed by atoms with E-state index in [1.807, 2.05) is 12.1 Å². The summed E-state index contributed by atoms with van der Waals surface area (Å²) in [7, 11) is 0. The van der Waals surface area contributed by atoms with Gasteiger partial charge in [0.25, 0.3) is 0 Å². The van der Waals surface area contributed by atoms with Crippen molar-refractivity contribution in [3.63, 3.8) is 0 Å². The van der Waals surface area contributed by atoms with Crippen LogP contribution in [0, 0.1) is 0 Å². The average Bonchev–Trinajstić information content (AvgIpc) is 2.07. The SMILES string of the molecule is NC(CCO)c1ccncc1. The maximum absolute atomic E-state index is 8.60. The molecule has 3 nitrogen and oxygen atoms in total. The Hall–Kier alpha value is -0.930. The lowest BCUT2D eigenvalue weighted by Gasteiger charge is -2.08. The first-order valence-electron chi connectivity index (χ1n) is 3.61. The molecule has 0 radical (unpaired) electrons. The van der Waals surface area contributed by atoms with Crippen molar-refractivity contribution in [3.05, 3.63) is 30.1 Å². The molecule has 0 bridgehead atoms. The number of pyridine rings is 1. The summed E-state index contributed by atoms with van der Waals surface area (Å²) in [6, 6.07) is 3.66. The summed E-state index contributed by atoms with van der Waals surface area (Å²) in [5.74, 6) is 0. The fraction of sp³-hybridized carbons (Fsp3) is 0.375. The molecular formula is C8H12N2O. The van der Waals surface area contributed by atoms with E-state index in [1.165, 1.54) is 0 Å². The van der Waals surface area contributed by atoms with Crippen LogP contribution in [0.3, 0.4) is 0 Å². The summed E-state index contributed by atoms with van der Waals surface area (Å²) in [5.41, 5.74) is 6.74. The van der Waals surface area contributed by atoms with E-state index in [4.69, 9.17) is 10.8 Å². The second-order valence-electron chi connectivity index (χ2n) is 2.40. The summed E-state index contributed by atoms with van der Waals surface area (Å²) >= 11 is 0. The van der Waals surface area contributed by atoms with Gasteiger partial charge in [0, 0.05) is 25.0 Å². The van der Waals surface area contributed by atoms with Crippen molar-refractivity contribution in [2.75, 3.05) is 6.61 Å². The molecule has 0 aliphatic rings. The van der Waals surface area contributed by atoms with Gasteiger partial charge in [-0.2, -0.15) is 0 Å². The fourth-order valence-electron chi connectivity index (χ4n) is 0.916. The van der Waals surface area contributed by atoms with Gasteiger partial charge in [0.05, 0.1) is 0 Å². The minimum atomic E-state index is -0.0667.